The number of benzene rings is 2. The zero-order valence-electron chi connectivity index (χ0n) is 11.9. The fourth-order valence-corrected chi connectivity index (χ4v) is 3.46. The molecule has 3 nitrogen and oxygen atoms in total. The molecule has 0 fully saturated rings. The van der Waals surface area contributed by atoms with Gasteiger partial charge in [0.2, 0.25) is 0 Å². The molecule has 0 saturated carbocycles. The lowest BCUT2D eigenvalue weighted by Crippen LogP contribution is -2.04. The number of methoxy groups -OCH3 is 2. The minimum atomic E-state index is -0.752. The van der Waals surface area contributed by atoms with Crippen molar-refractivity contribution in [3.63, 3.8) is 0 Å². The average Bonchev–Trinajstić information content (AvgIpc) is 3.01. The maximum atomic E-state index is 10.8. The van der Waals surface area contributed by atoms with E-state index in [0.29, 0.717) is 17.1 Å². The van der Waals surface area contributed by atoms with Crippen LogP contribution in [-0.4, -0.2) is 19.3 Å². The van der Waals surface area contributed by atoms with Crippen LogP contribution in [0.1, 0.15) is 17.2 Å². The summed E-state index contributed by atoms with van der Waals surface area (Å²) in [6.07, 6.45) is -0.752. The molecule has 108 valence electrons. The van der Waals surface area contributed by atoms with Crippen molar-refractivity contribution in [1.82, 2.24) is 0 Å². The van der Waals surface area contributed by atoms with E-state index in [4.69, 9.17) is 9.47 Å². The van der Waals surface area contributed by atoms with Gasteiger partial charge in [-0.05, 0) is 22.9 Å². The standard InChI is InChI=1S/C17H16O3S/c1-19-14-8-4-6-12(16(14)20-2)15(18)13-7-3-5-11-9-10-21-17(11)13/h3-10,15,18H,1-2H3. The van der Waals surface area contributed by atoms with Gasteiger partial charge in [0.15, 0.2) is 11.5 Å². The lowest BCUT2D eigenvalue weighted by molar-refractivity contribution is 0.214. The molecule has 0 saturated heterocycles. The molecule has 1 unspecified atom stereocenters. The van der Waals surface area contributed by atoms with Gasteiger partial charge < -0.3 is 14.6 Å². The number of aliphatic hydroxyl groups excluding tert-OH is 1. The second-order valence-electron chi connectivity index (χ2n) is 4.67. The lowest BCUT2D eigenvalue weighted by atomic mass is 9.99. The van der Waals surface area contributed by atoms with Crippen molar-refractivity contribution in [2.75, 3.05) is 14.2 Å². The van der Waals surface area contributed by atoms with Gasteiger partial charge in [-0.2, -0.15) is 0 Å². The summed E-state index contributed by atoms with van der Waals surface area (Å²) in [7, 11) is 3.17. The highest BCUT2D eigenvalue weighted by Crippen LogP contribution is 2.39. The van der Waals surface area contributed by atoms with Crippen molar-refractivity contribution in [3.05, 3.63) is 59.0 Å². The minimum absolute atomic E-state index is 0.570. The Bertz CT molecular complexity index is 764. The first-order valence-corrected chi connectivity index (χ1v) is 7.49. The highest BCUT2D eigenvalue weighted by Gasteiger charge is 2.20. The Balaban J connectivity index is 2.14. The molecule has 1 aromatic heterocycles. The van der Waals surface area contributed by atoms with E-state index >= 15 is 0 Å². The maximum Gasteiger partial charge on any atom is 0.166 e. The van der Waals surface area contributed by atoms with Gasteiger partial charge >= 0.3 is 0 Å². The second kappa shape index (κ2) is 5.76. The van der Waals surface area contributed by atoms with E-state index in [1.165, 1.54) is 0 Å². The smallest absolute Gasteiger partial charge is 0.166 e. The topological polar surface area (TPSA) is 38.7 Å². The molecule has 0 aliphatic carbocycles. The van der Waals surface area contributed by atoms with Crippen LogP contribution >= 0.6 is 11.3 Å². The number of thiophene rings is 1. The first kappa shape index (κ1) is 13.9. The molecule has 3 aromatic rings. The number of aliphatic hydroxyl groups is 1. The number of hydrogen-bond acceptors (Lipinski definition) is 4. The Kier molecular flexibility index (Phi) is 3.82. The fourth-order valence-electron chi connectivity index (χ4n) is 2.53. The minimum Gasteiger partial charge on any atom is -0.493 e. The van der Waals surface area contributed by atoms with E-state index in [1.54, 1.807) is 25.6 Å². The molecule has 3 rings (SSSR count). The third kappa shape index (κ3) is 2.37. The Morgan fingerprint density at radius 3 is 2.48 bits per heavy atom. The van der Waals surface area contributed by atoms with Crippen LogP contribution in [0, 0.1) is 0 Å². The van der Waals surface area contributed by atoms with Crippen LogP contribution in [0.2, 0.25) is 0 Å². The van der Waals surface area contributed by atoms with Gasteiger partial charge in [-0.25, -0.2) is 0 Å². The predicted octanol–water partition coefficient (Wildman–Crippen LogP) is 4.00. The monoisotopic (exact) mass is 300 g/mol. The van der Waals surface area contributed by atoms with Gasteiger partial charge in [0, 0.05) is 15.8 Å². The van der Waals surface area contributed by atoms with Crippen LogP contribution in [0.4, 0.5) is 0 Å². The van der Waals surface area contributed by atoms with Gasteiger partial charge in [0.05, 0.1) is 14.2 Å². The normalized spacial score (nSPS) is 12.3. The molecular weight excluding hydrogens is 284 g/mol. The van der Waals surface area contributed by atoms with E-state index in [0.717, 1.165) is 15.6 Å². The van der Waals surface area contributed by atoms with Gasteiger partial charge in [0.1, 0.15) is 6.10 Å². The molecule has 0 radical (unpaired) electrons. The SMILES string of the molecule is COc1cccc(C(O)c2cccc3ccsc23)c1OC. The van der Waals surface area contributed by atoms with Crippen molar-refractivity contribution < 1.29 is 14.6 Å². The van der Waals surface area contributed by atoms with E-state index < -0.39 is 6.10 Å². The highest BCUT2D eigenvalue weighted by molar-refractivity contribution is 7.17. The summed E-state index contributed by atoms with van der Waals surface area (Å²) < 4.78 is 11.8. The molecule has 0 bridgehead atoms. The van der Waals surface area contributed by atoms with E-state index in [9.17, 15) is 5.11 Å². The number of fused-ring (bicyclic) bond motifs is 1. The van der Waals surface area contributed by atoms with Crippen molar-refractivity contribution in [1.29, 1.82) is 0 Å². The summed E-state index contributed by atoms with van der Waals surface area (Å²) in [5.74, 6) is 1.19. The van der Waals surface area contributed by atoms with Crippen molar-refractivity contribution in [2.24, 2.45) is 0 Å². The second-order valence-corrected chi connectivity index (χ2v) is 5.59. The zero-order valence-corrected chi connectivity index (χ0v) is 12.7. The predicted molar refractivity (Wildman–Crippen MR) is 85.4 cm³/mol. The zero-order chi connectivity index (χ0) is 14.8. The largest absolute Gasteiger partial charge is 0.493 e. The molecule has 0 aliphatic heterocycles. The molecule has 1 atom stereocenters. The third-order valence-corrected chi connectivity index (χ3v) is 4.51. The summed E-state index contributed by atoms with van der Waals surface area (Å²) in [6, 6.07) is 13.5. The molecule has 0 aliphatic rings. The van der Waals surface area contributed by atoms with Crippen LogP contribution in [0.15, 0.2) is 47.8 Å². The van der Waals surface area contributed by atoms with Crippen LogP contribution in [0.5, 0.6) is 11.5 Å². The van der Waals surface area contributed by atoms with Crippen LogP contribution < -0.4 is 9.47 Å². The quantitative estimate of drug-likeness (QED) is 0.791. The number of para-hydroxylation sites is 1. The molecule has 0 spiro atoms. The Hall–Kier alpha value is -2.04. The van der Waals surface area contributed by atoms with Crippen molar-refractivity contribution in [2.45, 2.75) is 6.10 Å². The molecule has 1 N–H and O–H groups in total. The Labute approximate surface area is 127 Å². The summed E-state index contributed by atoms with van der Waals surface area (Å²) >= 11 is 1.63. The van der Waals surface area contributed by atoms with Gasteiger partial charge in [-0.15, -0.1) is 11.3 Å². The van der Waals surface area contributed by atoms with E-state index in [2.05, 4.69) is 6.07 Å². The Morgan fingerprint density at radius 1 is 0.952 bits per heavy atom. The summed E-state index contributed by atoms with van der Waals surface area (Å²) in [4.78, 5) is 0. The molecule has 4 heteroatoms. The van der Waals surface area contributed by atoms with Gasteiger partial charge in [-0.3, -0.25) is 0 Å². The highest BCUT2D eigenvalue weighted by atomic mass is 32.1. The first-order valence-electron chi connectivity index (χ1n) is 6.61. The van der Waals surface area contributed by atoms with Crippen molar-refractivity contribution >= 4 is 21.4 Å². The summed E-state index contributed by atoms with van der Waals surface area (Å²) in [5.41, 5.74) is 1.59. The first-order chi connectivity index (χ1) is 10.3. The molecule has 21 heavy (non-hydrogen) atoms. The number of ether oxygens (including phenoxy) is 2. The van der Waals surface area contributed by atoms with E-state index in [1.807, 2.05) is 41.8 Å². The molecule has 2 aromatic carbocycles. The summed E-state index contributed by atoms with van der Waals surface area (Å²) in [6.45, 7) is 0. The van der Waals surface area contributed by atoms with Crippen LogP contribution in [-0.2, 0) is 0 Å². The van der Waals surface area contributed by atoms with Crippen molar-refractivity contribution in [3.8, 4) is 11.5 Å². The number of rotatable bonds is 4. The lowest BCUT2D eigenvalue weighted by Gasteiger charge is -2.18. The maximum absolute atomic E-state index is 10.8. The molecule has 0 amide bonds. The summed E-state index contributed by atoms with van der Waals surface area (Å²) in [5, 5.41) is 14.0. The fraction of sp³-hybridized carbons (Fsp3) is 0.176. The Morgan fingerprint density at radius 2 is 1.71 bits per heavy atom. The van der Waals surface area contributed by atoms with E-state index in [-0.39, 0.29) is 0 Å². The van der Waals surface area contributed by atoms with Crippen LogP contribution in [0.3, 0.4) is 0 Å². The average molecular weight is 300 g/mol. The molecule has 1 heterocycles. The molecular formula is C17H16O3S. The van der Waals surface area contributed by atoms with Crippen LogP contribution in [0.25, 0.3) is 10.1 Å². The number of hydrogen-bond donors (Lipinski definition) is 1. The third-order valence-electron chi connectivity index (χ3n) is 3.53. The van der Waals surface area contributed by atoms with Gasteiger partial charge in [0.25, 0.3) is 0 Å². The van der Waals surface area contributed by atoms with Gasteiger partial charge in [-0.1, -0.05) is 30.3 Å².